The Bertz CT molecular complexity index is 865. The van der Waals surface area contributed by atoms with E-state index < -0.39 is 0 Å². The van der Waals surface area contributed by atoms with Crippen LogP contribution in [0.1, 0.15) is 10.4 Å². The molecule has 1 N–H and O–H groups in total. The summed E-state index contributed by atoms with van der Waals surface area (Å²) in [6.07, 6.45) is 0. The molecule has 0 spiro atoms. The first kappa shape index (κ1) is 17.1. The SMILES string of the molecule is COc1cc(I)c(C(=O)Nc2nnc(-c3ccsc3)s2)cc1OC. The van der Waals surface area contributed by atoms with Crippen LogP contribution in [0.25, 0.3) is 10.6 Å². The first-order chi connectivity index (χ1) is 11.6. The fraction of sp³-hybridized carbons (Fsp3) is 0.133. The van der Waals surface area contributed by atoms with Crippen molar-refractivity contribution in [3.63, 3.8) is 0 Å². The molecule has 0 aliphatic rings. The first-order valence-corrected chi connectivity index (χ1v) is 9.55. The lowest BCUT2D eigenvalue weighted by atomic mass is 10.2. The normalized spacial score (nSPS) is 10.5. The molecule has 1 amide bonds. The van der Waals surface area contributed by atoms with Crippen LogP contribution >= 0.6 is 45.3 Å². The summed E-state index contributed by atoms with van der Waals surface area (Å²) in [5.74, 6) is 0.807. The topological polar surface area (TPSA) is 73.3 Å². The summed E-state index contributed by atoms with van der Waals surface area (Å²) in [6.45, 7) is 0. The van der Waals surface area contributed by atoms with E-state index >= 15 is 0 Å². The molecule has 3 aromatic rings. The standard InChI is InChI=1S/C15H12IN3O3S2/c1-21-11-5-9(10(16)6-12(11)22-2)13(20)17-15-19-18-14(24-15)8-3-4-23-7-8/h3-7H,1-2H3,(H,17,19,20). The van der Waals surface area contributed by atoms with Gasteiger partial charge in [-0.25, -0.2) is 0 Å². The highest BCUT2D eigenvalue weighted by Crippen LogP contribution is 2.32. The van der Waals surface area contributed by atoms with Crippen molar-refractivity contribution < 1.29 is 14.3 Å². The quantitative estimate of drug-likeness (QED) is 0.564. The zero-order chi connectivity index (χ0) is 17.1. The number of anilines is 1. The fourth-order valence-electron chi connectivity index (χ4n) is 1.97. The minimum Gasteiger partial charge on any atom is -0.493 e. The Morgan fingerprint density at radius 1 is 1.21 bits per heavy atom. The van der Waals surface area contributed by atoms with Crippen LogP contribution in [-0.2, 0) is 0 Å². The number of thiophene rings is 1. The average molecular weight is 473 g/mol. The molecule has 0 radical (unpaired) electrons. The van der Waals surface area contributed by atoms with Gasteiger partial charge in [0.2, 0.25) is 5.13 Å². The Morgan fingerprint density at radius 3 is 2.62 bits per heavy atom. The summed E-state index contributed by atoms with van der Waals surface area (Å²) < 4.78 is 11.2. The van der Waals surface area contributed by atoms with Gasteiger partial charge in [-0.3, -0.25) is 10.1 Å². The second-order valence-electron chi connectivity index (χ2n) is 4.57. The van der Waals surface area contributed by atoms with Gasteiger partial charge in [0.25, 0.3) is 5.91 Å². The molecule has 6 nitrogen and oxygen atoms in total. The van der Waals surface area contributed by atoms with Crippen molar-refractivity contribution >= 4 is 56.3 Å². The molecule has 3 rings (SSSR count). The minimum atomic E-state index is -0.270. The number of ether oxygens (including phenoxy) is 2. The lowest BCUT2D eigenvalue weighted by Crippen LogP contribution is -2.13. The number of methoxy groups -OCH3 is 2. The van der Waals surface area contributed by atoms with Crippen molar-refractivity contribution in [1.82, 2.24) is 10.2 Å². The van der Waals surface area contributed by atoms with E-state index in [2.05, 4.69) is 38.1 Å². The number of hydrogen-bond donors (Lipinski definition) is 1. The maximum Gasteiger partial charge on any atom is 0.258 e. The first-order valence-electron chi connectivity index (χ1n) is 6.71. The summed E-state index contributed by atoms with van der Waals surface area (Å²) in [4.78, 5) is 12.5. The predicted molar refractivity (Wildman–Crippen MR) is 103 cm³/mol. The van der Waals surface area contributed by atoms with E-state index in [1.165, 1.54) is 18.4 Å². The molecule has 1 aromatic carbocycles. The fourth-order valence-corrected chi connectivity index (χ4v) is 4.10. The summed E-state index contributed by atoms with van der Waals surface area (Å²) in [5.41, 5.74) is 1.49. The van der Waals surface area contributed by atoms with Crippen molar-refractivity contribution in [1.29, 1.82) is 0 Å². The van der Waals surface area contributed by atoms with Crippen molar-refractivity contribution in [3.05, 3.63) is 38.1 Å². The Kier molecular flexibility index (Phi) is 5.31. The van der Waals surface area contributed by atoms with Gasteiger partial charge in [-0.05, 0) is 46.2 Å². The third-order valence-corrected chi connectivity index (χ3v) is 5.59. The van der Waals surface area contributed by atoms with E-state index in [0.29, 0.717) is 22.2 Å². The van der Waals surface area contributed by atoms with Crippen molar-refractivity contribution in [2.24, 2.45) is 0 Å². The summed E-state index contributed by atoms with van der Waals surface area (Å²) >= 11 is 5.01. The van der Waals surface area contributed by atoms with Gasteiger partial charge in [-0.2, -0.15) is 11.3 Å². The van der Waals surface area contributed by atoms with Crippen LogP contribution < -0.4 is 14.8 Å². The number of hydrogen-bond acceptors (Lipinski definition) is 7. The van der Waals surface area contributed by atoms with Gasteiger partial charge >= 0.3 is 0 Å². The number of nitrogens with one attached hydrogen (secondary N) is 1. The smallest absolute Gasteiger partial charge is 0.258 e. The van der Waals surface area contributed by atoms with Crippen LogP contribution in [0.4, 0.5) is 5.13 Å². The molecule has 9 heteroatoms. The highest BCUT2D eigenvalue weighted by Gasteiger charge is 2.17. The number of amides is 1. The van der Waals surface area contributed by atoms with Gasteiger partial charge < -0.3 is 9.47 Å². The molecule has 24 heavy (non-hydrogen) atoms. The van der Waals surface area contributed by atoms with E-state index in [1.54, 1.807) is 30.6 Å². The van der Waals surface area contributed by atoms with Gasteiger partial charge in [0.05, 0.1) is 19.8 Å². The van der Waals surface area contributed by atoms with E-state index in [9.17, 15) is 4.79 Å². The summed E-state index contributed by atoms with van der Waals surface area (Å²) in [6, 6.07) is 5.37. The number of benzene rings is 1. The lowest BCUT2D eigenvalue weighted by Gasteiger charge is -2.11. The number of nitrogens with zero attached hydrogens (tertiary/aromatic N) is 2. The van der Waals surface area contributed by atoms with Crippen molar-refractivity contribution in [2.75, 3.05) is 19.5 Å². The highest BCUT2D eigenvalue weighted by molar-refractivity contribution is 14.1. The van der Waals surface area contributed by atoms with Crippen LogP contribution in [0.2, 0.25) is 0 Å². The molecule has 0 fully saturated rings. The molecule has 0 unspecified atom stereocenters. The Labute approximate surface area is 160 Å². The Hall–Kier alpha value is -1.72. The Morgan fingerprint density at radius 2 is 1.96 bits per heavy atom. The second kappa shape index (κ2) is 7.45. The van der Waals surface area contributed by atoms with Gasteiger partial charge in [0.15, 0.2) is 11.5 Å². The van der Waals surface area contributed by atoms with Gasteiger partial charge in [-0.1, -0.05) is 11.3 Å². The average Bonchev–Trinajstić information content (AvgIpc) is 3.25. The largest absolute Gasteiger partial charge is 0.493 e. The molecular weight excluding hydrogens is 461 g/mol. The third-order valence-electron chi connectivity index (χ3n) is 3.13. The van der Waals surface area contributed by atoms with E-state index in [4.69, 9.17) is 9.47 Å². The summed E-state index contributed by atoms with van der Waals surface area (Å²) in [7, 11) is 3.09. The number of rotatable bonds is 5. The highest BCUT2D eigenvalue weighted by atomic mass is 127. The van der Waals surface area contributed by atoms with Gasteiger partial charge in [0, 0.05) is 14.5 Å². The molecule has 0 atom stereocenters. The Balaban J connectivity index is 1.83. The molecule has 0 saturated carbocycles. The maximum absolute atomic E-state index is 12.5. The monoisotopic (exact) mass is 473 g/mol. The van der Waals surface area contributed by atoms with Gasteiger partial charge in [0.1, 0.15) is 5.01 Å². The minimum absolute atomic E-state index is 0.270. The zero-order valence-electron chi connectivity index (χ0n) is 12.7. The number of halogens is 1. The molecule has 124 valence electrons. The van der Waals surface area contributed by atoms with E-state index in [1.807, 2.05) is 16.8 Å². The van der Waals surface area contributed by atoms with Crippen molar-refractivity contribution in [2.45, 2.75) is 0 Å². The summed E-state index contributed by atoms with van der Waals surface area (Å²) in [5, 5.41) is 16.1. The molecular formula is C15H12IN3O3S2. The van der Waals surface area contributed by atoms with Crippen LogP contribution in [0, 0.1) is 3.57 Å². The van der Waals surface area contributed by atoms with Crippen LogP contribution in [-0.4, -0.2) is 30.3 Å². The molecule has 2 heterocycles. The number of carbonyl (C=O) groups is 1. The maximum atomic E-state index is 12.5. The van der Waals surface area contributed by atoms with E-state index in [-0.39, 0.29) is 5.91 Å². The van der Waals surface area contributed by atoms with E-state index in [0.717, 1.165) is 14.1 Å². The third kappa shape index (κ3) is 3.52. The second-order valence-corrected chi connectivity index (χ2v) is 7.49. The lowest BCUT2D eigenvalue weighted by molar-refractivity contribution is 0.102. The molecule has 0 saturated heterocycles. The van der Waals surface area contributed by atoms with Crippen molar-refractivity contribution in [3.8, 4) is 22.1 Å². The molecule has 0 aliphatic carbocycles. The van der Waals surface area contributed by atoms with Crippen LogP contribution in [0.15, 0.2) is 29.0 Å². The molecule has 0 aliphatic heterocycles. The number of aromatic nitrogens is 2. The van der Waals surface area contributed by atoms with Crippen LogP contribution in [0.3, 0.4) is 0 Å². The molecule has 2 aromatic heterocycles. The molecule has 0 bridgehead atoms. The van der Waals surface area contributed by atoms with Crippen LogP contribution in [0.5, 0.6) is 11.5 Å². The predicted octanol–water partition coefficient (Wildman–Crippen LogP) is 4.14. The zero-order valence-corrected chi connectivity index (χ0v) is 16.5. The number of carbonyl (C=O) groups excluding carboxylic acids is 1. The van der Waals surface area contributed by atoms with Gasteiger partial charge in [-0.15, -0.1) is 10.2 Å².